The van der Waals surface area contributed by atoms with Crippen LogP contribution in [-0.4, -0.2) is 34.3 Å². The summed E-state index contributed by atoms with van der Waals surface area (Å²) in [5.41, 5.74) is 7.04. The largest absolute Gasteiger partial charge is 0.329 e. The molecule has 2 rings (SSSR count). The highest BCUT2D eigenvalue weighted by Gasteiger charge is 2.27. The third-order valence-electron chi connectivity index (χ3n) is 3.41. The molecule has 17 heavy (non-hydrogen) atoms. The van der Waals surface area contributed by atoms with E-state index in [1.807, 2.05) is 6.20 Å². The fourth-order valence-electron chi connectivity index (χ4n) is 2.72. The van der Waals surface area contributed by atoms with E-state index in [4.69, 9.17) is 5.73 Å². The quantitative estimate of drug-likeness (QED) is 0.845. The Balaban J connectivity index is 2.12. The highest BCUT2D eigenvalue weighted by Crippen LogP contribution is 2.31. The zero-order valence-corrected chi connectivity index (χ0v) is 11.0. The Morgan fingerprint density at radius 1 is 1.53 bits per heavy atom. The lowest BCUT2D eigenvalue weighted by Crippen LogP contribution is -2.30. The van der Waals surface area contributed by atoms with E-state index in [-0.39, 0.29) is 0 Å². The van der Waals surface area contributed by atoms with Gasteiger partial charge in [0.2, 0.25) is 0 Å². The highest BCUT2D eigenvalue weighted by molar-refractivity contribution is 5.09. The maximum Gasteiger partial charge on any atom is 0.0555 e. The average Bonchev–Trinajstić information content (AvgIpc) is 2.86. The van der Waals surface area contributed by atoms with Gasteiger partial charge in [0.1, 0.15) is 0 Å². The van der Waals surface area contributed by atoms with Gasteiger partial charge in [-0.1, -0.05) is 13.8 Å². The third kappa shape index (κ3) is 2.87. The van der Waals surface area contributed by atoms with Crippen molar-refractivity contribution in [3.8, 4) is 0 Å². The molecule has 0 amide bonds. The Kier molecular flexibility index (Phi) is 4.18. The number of hydrogen-bond donors (Lipinski definition) is 1. The van der Waals surface area contributed by atoms with Gasteiger partial charge in [0.05, 0.1) is 11.7 Å². The van der Waals surface area contributed by atoms with E-state index in [9.17, 15) is 0 Å². The number of rotatable bonds is 5. The van der Waals surface area contributed by atoms with E-state index in [1.165, 1.54) is 25.1 Å². The van der Waals surface area contributed by atoms with Crippen molar-refractivity contribution in [3.05, 3.63) is 18.0 Å². The molecular formula is C13H24N4. The second kappa shape index (κ2) is 5.65. The molecule has 0 saturated carbocycles. The zero-order valence-electron chi connectivity index (χ0n) is 11.0. The van der Waals surface area contributed by atoms with Crippen LogP contribution in [0, 0.1) is 5.92 Å². The number of nitrogens with zero attached hydrogens (tertiary/aromatic N) is 3. The van der Waals surface area contributed by atoms with Crippen molar-refractivity contribution < 1.29 is 0 Å². The monoisotopic (exact) mass is 236 g/mol. The molecule has 4 nitrogen and oxygen atoms in total. The molecule has 4 heteroatoms. The SMILES string of the molecule is CC(C)Cn1nccc1C1CCCN1CCN. The van der Waals surface area contributed by atoms with Crippen LogP contribution in [0.4, 0.5) is 0 Å². The molecule has 1 unspecified atom stereocenters. The van der Waals surface area contributed by atoms with Crippen molar-refractivity contribution in [2.24, 2.45) is 11.7 Å². The van der Waals surface area contributed by atoms with Crippen molar-refractivity contribution >= 4 is 0 Å². The number of nitrogens with two attached hydrogens (primary N) is 1. The molecular weight excluding hydrogens is 212 g/mol. The molecule has 1 fully saturated rings. The van der Waals surface area contributed by atoms with Crippen LogP contribution in [0.3, 0.4) is 0 Å². The third-order valence-corrected chi connectivity index (χ3v) is 3.41. The molecule has 1 aliphatic rings. The van der Waals surface area contributed by atoms with Gasteiger partial charge < -0.3 is 5.73 Å². The van der Waals surface area contributed by atoms with E-state index in [1.54, 1.807) is 0 Å². The van der Waals surface area contributed by atoms with Crippen molar-refractivity contribution in [1.29, 1.82) is 0 Å². The molecule has 2 N–H and O–H groups in total. The van der Waals surface area contributed by atoms with Gasteiger partial charge in [-0.3, -0.25) is 9.58 Å². The van der Waals surface area contributed by atoms with E-state index >= 15 is 0 Å². The van der Waals surface area contributed by atoms with E-state index in [0.29, 0.717) is 12.0 Å². The lowest BCUT2D eigenvalue weighted by Gasteiger charge is -2.25. The van der Waals surface area contributed by atoms with E-state index < -0.39 is 0 Å². The van der Waals surface area contributed by atoms with Crippen molar-refractivity contribution in [1.82, 2.24) is 14.7 Å². The normalized spacial score (nSPS) is 21.5. The molecule has 0 aromatic carbocycles. The predicted molar refractivity (Wildman–Crippen MR) is 69.7 cm³/mol. The lowest BCUT2D eigenvalue weighted by molar-refractivity contribution is 0.250. The molecule has 1 saturated heterocycles. The van der Waals surface area contributed by atoms with Crippen LogP contribution in [0.2, 0.25) is 0 Å². The molecule has 1 aliphatic heterocycles. The van der Waals surface area contributed by atoms with Crippen molar-refractivity contribution in [2.45, 2.75) is 39.3 Å². The molecule has 1 atom stereocenters. The summed E-state index contributed by atoms with van der Waals surface area (Å²) in [5, 5.41) is 4.45. The second-order valence-corrected chi connectivity index (χ2v) is 5.31. The number of hydrogen-bond acceptors (Lipinski definition) is 3. The number of aromatic nitrogens is 2. The van der Waals surface area contributed by atoms with Gasteiger partial charge in [-0.25, -0.2) is 0 Å². The Morgan fingerprint density at radius 3 is 3.06 bits per heavy atom. The first-order valence-electron chi connectivity index (χ1n) is 6.68. The summed E-state index contributed by atoms with van der Waals surface area (Å²) in [6, 6.07) is 2.70. The highest BCUT2D eigenvalue weighted by atomic mass is 15.3. The summed E-state index contributed by atoms with van der Waals surface area (Å²) >= 11 is 0. The summed E-state index contributed by atoms with van der Waals surface area (Å²) in [7, 11) is 0. The Labute approximate surface area is 104 Å². The molecule has 96 valence electrons. The van der Waals surface area contributed by atoms with Crippen LogP contribution in [0.25, 0.3) is 0 Å². The minimum absolute atomic E-state index is 0.528. The first kappa shape index (κ1) is 12.6. The van der Waals surface area contributed by atoms with Crippen LogP contribution in [0.1, 0.15) is 38.4 Å². The minimum Gasteiger partial charge on any atom is -0.329 e. The van der Waals surface area contributed by atoms with Gasteiger partial charge in [-0.15, -0.1) is 0 Å². The predicted octanol–water partition coefficient (Wildman–Crippen LogP) is 1.63. The number of likely N-dealkylation sites (tertiary alicyclic amines) is 1. The summed E-state index contributed by atoms with van der Waals surface area (Å²) in [5.74, 6) is 0.637. The van der Waals surface area contributed by atoms with Gasteiger partial charge >= 0.3 is 0 Å². The molecule has 0 aliphatic carbocycles. The summed E-state index contributed by atoms with van der Waals surface area (Å²) in [4.78, 5) is 2.49. The fraction of sp³-hybridized carbons (Fsp3) is 0.769. The molecule has 0 bridgehead atoms. The molecule has 1 aromatic heterocycles. The fourth-order valence-corrected chi connectivity index (χ4v) is 2.72. The van der Waals surface area contributed by atoms with E-state index in [0.717, 1.165) is 19.6 Å². The van der Waals surface area contributed by atoms with Crippen LogP contribution in [0.5, 0.6) is 0 Å². The lowest BCUT2D eigenvalue weighted by atomic mass is 10.1. The summed E-state index contributed by atoms with van der Waals surface area (Å²) in [6.07, 6.45) is 4.44. The van der Waals surface area contributed by atoms with Crippen LogP contribution in [0.15, 0.2) is 12.3 Å². The molecule has 0 spiro atoms. The van der Waals surface area contributed by atoms with Gasteiger partial charge in [-0.2, -0.15) is 5.10 Å². The minimum atomic E-state index is 0.528. The van der Waals surface area contributed by atoms with Crippen molar-refractivity contribution in [2.75, 3.05) is 19.6 Å². The second-order valence-electron chi connectivity index (χ2n) is 5.31. The maximum atomic E-state index is 5.68. The standard InChI is InChI=1S/C13H24N4/c1-11(2)10-17-13(5-7-15-17)12-4-3-8-16(12)9-6-14/h5,7,11-12H,3-4,6,8-10,14H2,1-2H3. The Bertz CT molecular complexity index is 345. The summed E-state index contributed by atoms with van der Waals surface area (Å²) in [6.45, 7) is 8.39. The Morgan fingerprint density at radius 2 is 2.35 bits per heavy atom. The Hall–Kier alpha value is -0.870. The topological polar surface area (TPSA) is 47.1 Å². The first-order valence-corrected chi connectivity index (χ1v) is 6.68. The zero-order chi connectivity index (χ0) is 12.3. The maximum absolute atomic E-state index is 5.68. The molecule has 2 heterocycles. The summed E-state index contributed by atoms with van der Waals surface area (Å²) < 4.78 is 2.17. The first-order chi connectivity index (χ1) is 8.22. The van der Waals surface area contributed by atoms with E-state index in [2.05, 4.69) is 34.6 Å². The van der Waals surface area contributed by atoms with Gasteiger partial charge in [-0.05, 0) is 31.4 Å². The van der Waals surface area contributed by atoms with Gasteiger partial charge in [0.15, 0.2) is 0 Å². The van der Waals surface area contributed by atoms with Gasteiger partial charge in [0, 0.05) is 25.8 Å². The van der Waals surface area contributed by atoms with Crippen LogP contribution < -0.4 is 5.73 Å². The van der Waals surface area contributed by atoms with Crippen molar-refractivity contribution in [3.63, 3.8) is 0 Å². The smallest absolute Gasteiger partial charge is 0.0555 e. The van der Waals surface area contributed by atoms with Crippen LogP contribution >= 0.6 is 0 Å². The molecule has 0 radical (unpaired) electrons. The van der Waals surface area contributed by atoms with Gasteiger partial charge in [0.25, 0.3) is 0 Å². The molecule has 1 aromatic rings. The average molecular weight is 236 g/mol. The van der Waals surface area contributed by atoms with Crippen LogP contribution in [-0.2, 0) is 6.54 Å².